The Morgan fingerprint density at radius 1 is 1.48 bits per heavy atom. The second kappa shape index (κ2) is 7.39. The number of nitrogens with zero attached hydrogens (tertiary/aromatic N) is 3. The Bertz CT molecular complexity index is 698. The second-order valence-corrected chi connectivity index (χ2v) is 5.88. The predicted molar refractivity (Wildman–Crippen MR) is 88.1 cm³/mol. The second-order valence-electron chi connectivity index (χ2n) is 5.49. The van der Waals surface area contributed by atoms with E-state index in [-0.39, 0.29) is 5.91 Å². The molecule has 0 aliphatic carbocycles. The smallest absolute Gasteiger partial charge is 0.251 e. The Hall–Kier alpha value is -2.18. The van der Waals surface area contributed by atoms with Gasteiger partial charge in [0.25, 0.3) is 5.91 Å². The van der Waals surface area contributed by atoms with Crippen molar-refractivity contribution in [2.45, 2.75) is 13.0 Å². The number of hydrogen-bond donors (Lipinski definition) is 2. The standard InChI is InChI=1S/C16H18ClN5O/c17-15-6-13(3-4-19-15)16(23)20-7-12-2-1-5-22(9-12)10-14-8-18-11-21-14/h2-4,6,8,11H,1,5,7,9-10H2,(H,18,21)(H,20,23). The lowest BCUT2D eigenvalue weighted by atomic mass is 10.1. The van der Waals surface area contributed by atoms with Crippen LogP contribution in [0.1, 0.15) is 22.5 Å². The zero-order chi connectivity index (χ0) is 16.1. The van der Waals surface area contributed by atoms with Crippen LogP contribution in [0.3, 0.4) is 0 Å². The van der Waals surface area contributed by atoms with E-state index in [4.69, 9.17) is 11.6 Å². The van der Waals surface area contributed by atoms with Crippen molar-refractivity contribution >= 4 is 17.5 Å². The van der Waals surface area contributed by atoms with E-state index in [0.717, 1.165) is 31.7 Å². The summed E-state index contributed by atoms with van der Waals surface area (Å²) >= 11 is 5.81. The summed E-state index contributed by atoms with van der Waals surface area (Å²) in [5, 5.41) is 3.25. The fraction of sp³-hybridized carbons (Fsp3) is 0.312. The van der Waals surface area contributed by atoms with Gasteiger partial charge in [-0.25, -0.2) is 9.97 Å². The molecule has 1 amide bonds. The lowest BCUT2D eigenvalue weighted by molar-refractivity contribution is 0.0955. The van der Waals surface area contributed by atoms with E-state index >= 15 is 0 Å². The van der Waals surface area contributed by atoms with Crippen molar-refractivity contribution in [1.82, 2.24) is 25.2 Å². The first-order valence-electron chi connectivity index (χ1n) is 7.48. The van der Waals surface area contributed by atoms with Crippen molar-refractivity contribution in [3.63, 3.8) is 0 Å². The molecular formula is C16H18ClN5O. The van der Waals surface area contributed by atoms with Crippen LogP contribution in [-0.2, 0) is 6.54 Å². The van der Waals surface area contributed by atoms with Crippen LogP contribution in [0.2, 0.25) is 5.15 Å². The Morgan fingerprint density at radius 3 is 3.17 bits per heavy atom. The van der Waals surface area contributed by atoms with Crippen LogP contribution in [0.25, 0.3) is 0 Å². The van der Waals surface area contributed by atoms with Crippen molar-refractivity contribution in [2.24, 2.45) is 0 Å². The van der Waals surface area contributed by atoms with Gasteiger partial charge in [-0.2, -0.15) is 0 Å². The third kappa shape index (κ3) is 4.40. The normalized spacial score (nSPS) is 15.3. The van der Waals surface area contributed by atoms with E-state index in [1.807, 2.05) is 6.20 Å². The number of carbonyl (C=O) groups excluding carboxylic acids is 1. The van der Waals surface area contributed by atoms with Crippen LogP contribution >= 0.6 is 11.6 Å². The summed E-state index contributed by atoms with van der Waals surface area (Å²) in [6, 6.07) is 3.22. The van der Waals surface area contributed by atoms with Gasteiger partial charge >= 0.3 is 0 Å². The van der Waals surface area contributed by atoms with E-state index in [2.05, 4.69) is 31.2 Å². The van der Waals surface area contributed by atoms with Gasteiger partial charge in [-0.1, -0.05) is 17.7 Å². The topological polar surface area (TPSA) is 73.9 Å². The first kappa shape index (κ1) is 15.7. The maximum Gasteiger partial charge on any atom is 0.251 e. The highest BCUT2D eigenvalue weighted by Crippen LogP contribution is 2.12. The molecule has 0 aromatic carbocycles. The van der Waals surface area contributed by atoms with Crippen molar-refractivity contribution in [3.8, 4) is 0 Å². The fourth-order valence-electron chi connectivity index (χ4n) is 2.60. The number of halogens is 1. The quantitative estimate of drug-likeness (QED) is 0.649. The first-order valence-corrected chi connectivity index (χ1v) is 7.86. The molecule has 0 saturated carbocycles. The Morgan fingerprint density at radius 2 is 2.39 bits per heavy atom. The zero-order valence-corrected chi connectivity index (χ0v) is 13.4. The van der Waals surface area contributed by atoms with Crippen LogP contribution in [-0.4, -0.2) is 45.4 Å². The summed E-state index contributed by atoms with van der Waals surface area (Å²) in [6.07, 6.45) is 8.25. The largest absolute Gasteiger partial charge is 0.348 e. The number of aromatic nitrogens is 3. The van der Waals surface area contributed by atoms with Gasteiger partial charge in [0, 0.05) is 49.8 Å². The van der Waals surface area contributed by atoms with Gasteiger partial charge < -0.3 is 10.3 Å². The molecule has 0 radical (unpaired) electrons. The number of amides is 1. The highest BCUT2D eigenvalue weighted by Gasteiger charge is 2.14. The number of pyridine rings is 1. The molecule has 0 saturated heterocycles. The van der Waals surface area contributed by atoms with Crippen molar-refractivity contribution in [3.05, 3.63) is 58.9 Å². The average molecular weight is 332 g/mol. The number of carbonyl (C=O) groups is 1. The van der Waals surface area contributed by atoms with Crippen molar-refractivity contribution in [2.75, 3.05) is 19.6 Å². The lowest BCUT2D eigenvalue weighted by Gasteiger charge is -2.26. The Kier molecular flexibility index (Phi) is 5.05. The third-order valence-electron chi connectivity index (χ3n) is 3.72. The van der Waals surface area contributed by atoms with Gasteiger partial charge in [0.2, 0.25) is 0 Å². The summed E-state index contributed by atoms with van der Waals surface area (Å²) in [5.74, 6) is -0.138. The summed E-state index contributed by atoms with van der Waals surface area (Å²) in [5.41, 5.74) is 2.83. The molecule has 3 heterocycles. The van der Waals surface area contributed by atoms with Gasteiger partial charge in [0.15, 0.2) is 0 Å². The third-order valence-corrected chi connectivity index (χ3v) is 3.93. The monoisotopic (exact) mass is 331 g/mol. The molecule has 23 heavy (non-hydrogen) atoms. The molecule has 1 aliphatic rings. The number of H-pyrrole nitrogens is 1. The number of rotatable bonds is 5. The highest BCUT2D eigenvalue weighted by atomic mass is 35.5. The molecule has 0 bridgehead atoms. The van der Waals surface area contributed by atoms with Gasteiger partial charge in [-0.3, -0.25) is 9.69 Å². The van der Waals surface area contributed by atoms with E-state index in [9.17, 15) is 4.79 Å². The minimum Gasteiger partial charge on any atom is -0.348 e. The SMILES string of the molecule is O=C(NCC1=CCCN(Cc2cnc[nH]2)C1)c1ccnc(Cl)c1. The molecule has 3 rings (SSSR count). The van der Waals surface area contributed by atoms with Gasteiger partial charge in [-0.05, 0) is 24.1 Å². The predicted octanol–water partition coefficient (Wildman–Crippen LogP) is 2.02. The van der Waals surface area contributed by atoms with Crippen LogP contribution in [0.5, 0.6) is 0 Å². The molecular weight excluding hydrogens is 314 g/mol. The molecule has 2 aromatic heterocycles. The molecule has 2 N–H and O–H groups in total. The molecule has 0 unspecified atom stereocenters. The Labute approximate surface area is 139 Å². The van der Waals surface area contributed by atoms with Crippen LogP contribution in [0.15, 0.2) is 42.5 Å². The molecule has 120 valence electrons. The van der Waals surface area contributed by atoms with Crippen molar-refractivity contribution in [1.29, 1.82) is 0 Å². The molecule has 1 aliphatic heterocycles. The number of imidazole rings is 1. The maximum absolute atomic E-state index is 12.1. The Balaban J connectivity index is 1.52. The number of aromatic amines is 1. The van der Waals surface area contributed by atoms with Crippen LogP contribution in [0.4, 0.5) is 0 Å². The van der Waals surface area contributed by atoms with E-state index in [1.54, 1.807) is 18.5 Å². The van der Waals surface area contributed by atoms with E-state index in [1.165, 1.54) is 11.8 Å². The molecule has 0 atom stereocenters. The van der Waals surface area contributed by atoms with Gasteiger partial charge in [0.05, 0.1) is 6.33 Å². The maximum atomic E-state index is 12.1. The number of hydrogen-bond acceptors (Lipinski definition) is 4. The summed E-state index contributed by atoms with van der Waals surface area (Å²) in [7, 11) is 0. The summed E-state index contributed by atoms with van der Waals surface area (Å²) < 4.78 is 0. The van der Waals surface area contributed by atoms with Crippen LogP contribution in [0, 0.1) is 0 Å². The summed E-state index contributed by atoms with van der Waals surface area (Å²) in [6.45, 7) is 3.23. The fourth-order valence-corrected chi connectivity index (χ4v) is 2.77. The molecule has 6 nitrogen and oxygen atoms in total. The van der Waals surface area contributed by atoms with Gasteiger partial charge in [-0.15, -0.1) is 0 Å². The number of nitrogens with one attached hydrogen (secondary N) is 2. The minimum absolute atomic E-state index is 0.138. The zero-order valence-electron chi connectivity index (χ0n) is 12.6. The molecule has 2 aromatic rings. The average Bonchev–Trinajstić information content (AvgIpc) is 3.06. The first-order chi connectivity index (χ1) is 11.2. The molecule has 7 heteroatoms. The van der Waals surface area contributed by atoms with Gasteiger partial charge in [0.1, 0.15) is 5.15 Å². The minimum atomic E-state index is -0.138. The lowest BCUT2D eigenvalue weighted by Crippen LogP contribution is -2.34. The molecule has 0 fully saturated rings. The highest BCUT2D eigenvalue weighted by molar-refractivity contribution is 6.29. The van der Waals surface area contributed by atoms with Crippen molar-refractivity contribution < 1.29 is 4.79 Å². The molecule has 0 spiro atoms. The van der Waals surface area contributed by atoms with E-state index in [0.29, 0.717) is 17.3 Å². The van der Waals surface area contributed by atoms with E-state index < -0.39 is 0 Å². The summed E-state index contributed by atoms with van der Waals surface area (Å²) in [4.78, 5) is 25.5. The van der Waals surface area contributed by atoms with Crippen LogP contribution < -0.4 is 5.32 Å².